The highest BCUT2D eigenvalue weighted by Crippen LogP contribution is 2.67. The molecule has 6 heteroatoms. The van der Waals surface area contributed by atoms with Crippen LogP contribution in [-0.2, 0) is 19.6 Å². The summed E-state index contributed by atoms with van der Waals surface area (Å²) in [6.45, 7) is 9.44. The van der Waals surface area contributed by atoms with Gasteiger partial charge in [0.05, 0.1) is 23.2 Å². The van der Waals surface area contributed by atoms with Crippen molar-refractivity contribution < 1.29 is 14.0 Å². The molecule has 1 saturated carbocycles. The Morgan fingerprint density at radius 2 is 1.11 bits per heavy atom. The van der Waals surface area contributed by atoms with Crippen LogP contribution in [0.1, 0.15) is 54.5 Å². The highest BCUT2D eigenvalue weighted by atomic mass is 28.4. The lowest BCUT2D eigenvalue weighted by atomic mass is 9.80. The zero-order valence-electron chi connectivity index (χ0n) is 36.4. The van der Waals surface area contributed by atoms with Crippen LogP contribution in [0.25, 0.3) is 10.9 Å². The Labute approximate surface area is 372 Å². The van der Waals surface area contributed by atoms with Crippen molar-refractivity contribution in [1.82, 2.24) is 4.98 Å². The molecule has 0 saturated heterocycles. The third-order valence-electron chi connectivity index (χ3n) is 13.2. The summed E-state index contributed by atoms with van der Waals surface area (Å²) in [5.74, 6) is -0.616. The first-order chi connectivity index (χ1) is 30.7. The molecule has 0 radical (unpaired) electrons. The van der Waals surface area contributed by atoms with E-state index in [1.165, 1.54) is 10.4 Å². The van der Waals surface area contributed by atoms with E-state index >= 15 is 4.79 Å². The second-order valence-electron chi connectivity index (χ2n) is 17.9. The van der Waals surface area contributed by atoms with Gasteiger partial charge in [-0.3, -0.25) is 9.78 Å². The molecule has 1 N–H and O–H groups in total. The number of carbonyl (C=O) groups excluding carboxylic acids is 1. The van der Waals surface area contributed by atoms with Gasteiger partial charge in [-0.15, -0.1) is 0 Å². The minimum atomic E-state index is -3.02. The van der Waals surface area contributed by atoms with Crippen LogP contribution in [0.15, 0.2) is 212 Å². The molecular formula is C57H54N2O3Si. The number of amides is 1. The lowest BCUT2D eigenvalue weighted by molar-refractivity contribution is -0.127. The van der Waals surface area contributed by atoms with Gasteiger partial charge in [0, 0.05) is 30.0 Å². The Bertz CT molecular complexity index is 2640. The fraction of sp³-hybridized carbons (Fsp3) is 0.193. The highest BCUT2D eigenvalue weighted by Gasteiger charge is 2.71. The zero-order chi connectivity index (χ0) is 43.5. The number of fused-ring (bicyclic) bond motifs is 1. The molecule has 0 bridgehead atoms. The van der Waals surface area contributed by atoms with Gasteiger partial charge in [-0.05, 0) is 56.7 Å². The van der Waals surface area contributed by atoms with Gasteiger partial charge in [0.1, 0.15) is 5.60 Å². The SMILES string of the molecule is Cc1ccc([C@@H]2[C@@H](CO[Si](c3ccccc3)(c3ccccc3)C(C)(C)C)[C@]2(COC(c2ccccc2)(c2ccccc2)c2ccccc2)C(=O)Nc2cccc3cccnc23)cc1. The van der Waals surface area contributed by atoms with Gasteiger partial charge in [0.2, 0.25) is 5.91 Å². The van der Waals surface area contributed by atoms with E-state index in [4.69, 9.17) is 14.1 Å². The van der Waals surface area contributed by atoms with E-state index < -0.39 is 19.3 Å². The summed E-state index contributed by atoms with van der Waals surface area (Å²) in [7, 11) is -3.02. The van der Waals surface area contributed by atoms with E-state index in [2.05, 4.69) is 191 Å². The summed E-state index contributed by atoms with van der Waals surface area (Å²) in [6.07, 6.45) is 1.78. The number of hydrogen-bond acceptors (Lipinski definition) is 4. The van der Waals surface area contributed by atoms with Crippen LogP contribution < -0.4 is 15.7 Å². The van der Waals surface area contributed by atoms with Gasteiger partial charge in [0.15, 0.2) is 0 Å². The molecule has 1 fully saturated rings. The van der Waals surface area contributed by atoms with E-state index in [1.54, 1.807) is 6.20 Å². The van der Waals surface area contributed by atoms with Crippen LogP contribution in [0.5, 0.6) is 0 Å². The first-order valence-electron chi connectivity index (χ1n) is 22.0. The number of para-hydroxylation sites is 1. The number of nitrogens with one attached hydrogen (secondary N) is 1. The van der Waals surface area contributed by atoms with Gasteiger partial charge in [-0.25, -0.2) is 0 Å². The summed E-state index contributed by atoms with van der Waals surface area (Å²) in [6, 6.07) is 71.2. The smallest absolute Gasteiger partial charge is 0.261 e. The third-order valence-corrected chi connectivity index (χ3v) is 18.2. The number of aromatic nitrogens is 1. The molecule has 5 nitrogen and oxygen atoms in total. The Hall–Kier alpha value is -6.44. The van der Waals surface area contributed by atoms with Crippen molar-refractivity contribution in [3.05, 3.63) is 240 Å². The maximum atomic E-state index is 15.9. The van der Waals surface area contributed by atoms with Crippen LogP contribution >= 0.6 is 0 Å². The number of carbonyl (C=O) groups is 1. The van der Waals surface area contributed by atoms with Crippen molar-refractivity contribution in [3.8, 4) is 0 Å². The number of benzene rings is 7. The monoisotopic (exact) mass is 842 g/mol. The Morgan fingerprint density at radius 1 is 0.619 bits per heavy atom. The van der Waals surface area contributed by atoms with E-state index in [1.807, 2.05) is 48.5 Å². The van der Waals surface area contributed by atoms with E-state index in [0.29, 0.717) is 12.3 Å². The lowest BCUT2D eigenvalue weighted by Crippen LogP contribution is -2.66. The average molecular weight is 843 g/mol. The third kappa shape index (κ3) is 7.63. The molecule has 0 aliphatic heterocycles. The molecule has 0 unspecified atom stereocenters. The van der Waals surface area contributed by atoms with E-state index in [9.17, 15) is 0 Å². The van der Waals surface area contributed by atoms with Gasteiger partial charge in [-0.2, -0.15) is 0 Å². The molecule has 1 aliphatic rings. The fourth-order valence-corrected chi connectivity index (χ4v) is 14.6. The van der Waals surface area contributed by atoms with Crippen LogP contribution in [0.2, 0.25) is 5.04 Å². The van der Waals surface area contributed by atoms with Gasteiger partial charge >= 0.3 is 0 Å². The molecule has 314 valence electrons. The summed E-state index contributed by atoms with van der Waals surface area (Å²) in [5.41, 5.74) is 4.45. The molecule has 1 amide bonds. The standard InChI is InChI=1S/C57H54N2O3Si/c1-42-35-37-43(38-36-42)52-50(40-62-63(55(2,3)4,48-30-16-8-17-31-48)49-32-18-9-19-33-49)56(52,54(60)59-51-34-20-22-44-23-21-39-58-53(44)51)41-61-57(45-24-10-5-11-25-45,46-26-12-6-13-27-46)47-28-14-7-15-29-47/h5-39,50,52H,40-41H2,1-4H3,(H,59,60)/t50-,52-,56+/m1/s1. The highest BCUT2D eigenvalue weighted by molar-refractivity contribution is 6.99. The van der Waals surface area contributed by atoms with Gasteiger partial charge < -0.3 is 14.5 Å². The topological polar surface area (TPSA) is 60.5 Å². The Balaban J connectivity index is 1.23. The molecule has 0 spiro atoms. The molecule has 9 rings (SSSR count). The molecule has 1 heterocycles. The molecule has 8 aromatic rings. The number of rotatable bonds is 14. The van der Waals surface area contributed by atoms with Crippen LogP contribution in [0.4, 0.5) is 5.69 Å². The summed E-state index contributed by atoms with van der Waals surface area (Å²) >= 11 is 0. The molecule has 1 aromatic heterocycles. The normalized spacial score (nSPS) is 17.6. The minimum Gasteiger partial charge on any atom is -0.407 e. The number of pyridine rings is 1. The maximum absolute atomic E-state index is 15.9. The zero-order valence-corrected chi connectivity index (χ0v) is 37.4. The van der Waals surface area contributed by atoms with Gasteiger partial charge in [-0.1, -0.05) is 220 Å². The molecular weight excluding hydrogens is 789 g/mol. The van der Waals surface area contributed by atoms with Crippen molar-refractivity contribution in [2.45, 2.75) is 44.3 Å². The van der Waals surface area contributed by atoms with Crippen molar-refractivity contribution in [1.29, 1.82) is 0 Å². The molecule has 7 aromatic carbocycles. The Morgan fingerprint density at radius 3 is 1.62 bits per heavy atom. The van der Waals surface area contributed by atoms with E-state index in [0.717, 1.165) is 38.7 Å². The number of aryl methyl sites for hydroxylation is 1. The fourth-order valence-electron chi connectivity index (χ4n) is 10.1. The predicted molar refractivity (Wildman–Crippen MR) is 259 cm³/mol. The van der Waals surface area contributed by atoms with Crippen LogP contribution in [0.3, 0.4) is 0 Å². The van der Waals surface area contributed by atoms with E-state index in [-0.39, 0.29) is 29.4 Å². The van der Waals surface area contributed by atoms with Crippen molar-refractivity contribution in [2.24, 2.45) is 11.3 Å². The molecule has 3 atom stereocenters. The largest absolute Gasteiger partial charge is 0.407 e. The Kier molecular flexibility index (Phi) is 11.6. The molecule has 1 aliphatic carbocycles. The quantitative estimate of drug-likeness (QED) is 0.0875. The predicted octanol–water partition coefficient (Wildman–Crippen LogP) is 11.5. The summed E-state index contributed by atoms with van der Waals surface area (Å²) in [4.78, 5) is 20.7. The lowest BCUT2D eigenvalue weighted by Gasteiger charge is -2.43. The number of hydrogen-bond donors (Lipinski definition) is 1. The van der Waals surface area contributed by atoms with Crippen molar-refractivity contribution in [3.63, 3.8) is 0 Å². The number of ether oxygens (including phenoxy) is 1. The minimum absolute atomic E-state index is 0.100. The first kappa shape index (κ1) is 41.9. The number of nitrogens with zero attached hydrogens (tertiary/aromatic N) is 1. The summed E-state index contributed by atoms with van der Waals surface area (Å²) < 4.78 is 15.5. The van der Waals surface area contributed by atoms with Crippen LogP contribution in [0, 0.1) is 18.3 Å². The molecule has 63 heavy (non-hydrogen) atoms. The first-order valence-corrected chi connectivity index (χ1v) is 23.9. The second kappa shape index (κ2) is 17.4. The summed E-state index contributed by atoms with van der Waals surface area (Å²) in [5, 5.41) is 6.53. The van der Waals surface area contributed by atoms with Crippen molar-refractivity contribution in [2.75, 3.05) is 18.5 Å². The maximum Gasteiger partial charge on any atom is 0.261 e. The van der Waals surface area contributed by atoms with Crippen molar-refractivity contribution >= 4 is 41.2 Å². The second-order valence-corrected chi connectivity index (χ2v) is 22.2. The number of anilines is 1. The van der Waals surface area contributed by atoms with Crippen LogP contribution in [-0.4, -0.2) is 32.4 Å². The van der Waals surface area contributed by atoms with Gasteiger partial charge in [0.25, 0.3) is 8.32 Å². The average Bonchev–Trinajstić information content (AvgIpc) is 3.99.